The third-order valence-corrected chi connectivity index (χ3v) is 3.44. The molecular formula is C13H16BrFN4. The maximum Gasteiger partial charge on any atom is 0.146 e. The molecule has 0 saturated carbocycles. The molecule has 19 heavy (non-hydrogen) atoms. The number of halogens is 2. The van der Waals surface area contributed by atoms with Crippen LogP contribution in [0.25, 0.3) is 0 Å². The van der Waals surface area contributed by atoms with Crippen molar-refractivity contribution < 1.29 is 4.39 Å². The van der Waals surface area contributed by atoms with Crippen molar-refractivity contribution in [3.8, 4) is 0 Å². The van der Waals surface area contributed by atoms with Gasteiger partial charge in [0, 0.05) is 12.2 Å². The second-order valence-electron chi connectivity index (χ2n) is 4.33. The van der Waals surface area contributed by atoms with Crippen LogP contribution in [0.15, 0.2) is 22.9 Å². The summed E-state index contributed by atoms with van der Waals surface area (Å²) in [4.78, 5) is 4.22. The average molecular weight is 327 g/mol. The van der Waals surface area contributed by atoms with Gasteiger partial charge < -0.3 is 5.32 Å². The summed E-state index contributed by atoms with van der Waals surface area (Å²) < 4.78 is 15.7. The molecule has 2 rings (SSSR count). The number of aryl methyl sites for hydroxylation is 2. The molecule has 0 amide bonds. The van der Waals surface area contributed by atoms with Gasteiger partial charge in [-0.2, -0.15) is 5.10 Å². The van der Waals surface area contributed by atoms with Crippen molar-refractivity contribution in [2.45, 2.75) is 33.4 Å². The van der Waals surface area contributed by atoms with E-state index in [2.05, 4.69) is 38.3 Å². The van der Waals surface area contributed by atoms with E-state index in [1.165, 1.54) is 6.07 Å². The van der Waals surface area contributed by atoms with Crippen LogP contribution >= 0.6 is 15.9 Å². The van der Waals surface area contributed by atoms with Crippen LogP contribution in [0.2, 0.25) is 0 Å². The van der Waals surface area contributed by atoms with Crippen molar-refractivity contribution in [3.63, 3.8) is 0 Å². The van der Waals surface area contributed by atoms with Crippen LogP contribution in [0.1, 0.15) is 24.7 Å². The van der Waals surface area contributed by atoms with Crippen LogP contribution in [-0.4, -0.2) is 14.8 Å². The van der Waals surface area contributed by atoms with E-state index in [0.29, 0.717) is 11.0 Å². The van der Waals surface area contributed by atoms with Crippen molar-refractivity contribution >= 4 is 21.6 Å². The predicted octanol–water partition coefficient (Wildman–Crippen LogP) is 3.51. The van der Waals surface area contributed by atoms with Gasteiger partial charge >= 0.3 is 0 Å². The minimum atomic E-state index is -0.253. The number of anilines is 1. The monoisotopic (exact) mass is 326 g/mol. The van der Waals surface area contributed by atoms with E-state index in [1.807, 2.05) is 11.6 Å². The van der Waals surface area contributed by atoms with Gasteiger partial charge in [-0.3, -0.25) is 0 Å². The lowest BCUT2D eigenvalue weighted by Gasteiger charge is -2.11. The minimum Gasteiger partial charge on any atom is -0.378 e. The fourth-order valence-electron chi connectivity index (χ4n) is 1.83. The van der Waals surface area contributed by atoms with E-state index in [-0.39, 0.29) is 5.82 Å². The molecular weight excluding hydrogens is 311 g/mol. The standard InChI is InChI=1S/C13H16BrFN4/c1-3-4-19-13(17-8-18-19)7-16-12-6-10(14)11(15)5-9(12)2/h5-6,8,16H,3-4,7H2,1-2H3. The molecule has 4 nitrogen and oxygen atoms in total. The average Bonchev–Trinajstić information content (AvgIpc) is 2.80. The summed E-state index contributed by atoms with van der Waals surface area (Å²) in [5.74, 6) is 0.624. The summed E-state index contributed by atoms with van der Waals surface area (Å²) in [7, 11) is 0. The summed E-state index contributed by atoms with van der Waals surface area (Å²) in [5, 5.41) is 7.43. The lowest BCUT2D eigenvalue weighted by Crippen LogP contribution is -2.10. The highest BCUT2D eigenvalue weighted by molar-refractivity contribution is 9.10. The number of hydrogen-bond donors (Lipinski definition) is 1. The maximum atomic E-state index is 13.3. The third-order valence-electron chi connectivity index (χ3n) is 2.84. The highest BCUT2D eigenvalue weighted by atomic mass is 79.9. The fraction of sp³-hybridized carbons (Fsp3) is 0.385. The molecule has 0 spiro atoms. The Kier molecular flexibility index (Phi) is 4.52. The predicted molar refractivity (Wildman–Crippen MR) is 76.5 cm³/mol. The van der Waals surface area contributed by atoms with Gasteiger partial charge in [-0.05, 0) is 47.0 Å². The normalized spacial score (nSPS) is 10.7. The molecule has 0 atom stereocenters. The first kappa shape index (κ1) is 14.0. The molecule has 0 bridgehead atoms. The first-order valence-electron chi connectivity index (χ1n) is 6.18. The number of rotatable bonds is 5. The number of nitrogens with one attached hydrogen (secondary N) is 1. The van der Waals surface area contributed by atoms with Gasteiger partial charge in [0.15, 0.2) is 0 Å². The number of nitrogens with zero attached hydrogens (tertiary/aromatic N) is 3. The lowest BCUT2D eigenvalue weighted by molar-refractivity contribution is 0.574. The molecule has 0 fully saturated rings. The second kappa shape index (κ2) is 6.14. The van der Waals surface area contributed by atoms with Crippen LogP contribution in [0, 0.1) is 12.7 Å². The van der Waals surface area contributed by atoms with Gasteiger partial charge in [-0.15, -0.1) is 0 Å². The van der Waals surface area contributed by atoms with E-state index >= 15 is 0 Å². The smallest absolute Gasteiger partial charge is 0.146 e. The lowest BCUT2D eigenvalue weighted by atomic mass is 10.2. The Hall–Kier alpha value is -1.43. The van der Waals surface area contributed by atoms with Crippen molar-refractivity contribution in [2.24, 2.45) is 0 Å². The molecule has 2 aromatic rings. The Morgan fingerprint density at radius 2 is 2.21 bits per heavy atom. The van der Waals surface area contributed by atoms with Crippen molar-refractivity contribution in [1.82, 2.24) is 14.8 Å². The summed E-state index contributed by atoms with van der Waals surface area (Å²) in [6.07, 6.45) is 2.57. The van der Waals surface area contributed by atoms with Gasteiger partial charge in [0.2, 0.25) is 0 Å². The number of benzene rings is 1. The SMILES string of the molecule is CCCn1ncnc1CNc1cc(Br)c(F)cc1C. The molecule has 0 aliphatic carbocycles. The van der Waals surface area contributed by atoms with Crippen molar-refractivity contribution in [2.75, 3.05) is 5.32 Å². The Labute approximate surface area is 120 Å². The van der Waals surface area contributed by atoms with Gasteiger partial charge in [-0.1, -0.05) is 6.92 Å². The second-order valence-corrected chi connectivity index (χ2v) is 5.19. The van der Waals surface area contributed by atoms with Crippen LogP contribution in [0.3, 0.4) is 0 Å². The minimum absolute atomic E-state index is 0.253. The summed E-state index contributed by atoms with van der Waals surface area (Å²) >= 11 is 3.19. The molecule has 1 aromatic heterocycles. The van der Waals surface area contributed by atoms with Crippen LogP contribution in [-0.2, 0) is 13.1 Å². The first-order chi connectivity index (χ1) is 9.11. The van der Waals surface area contributed by atoms with Crippen LogP contribution < -0.4 is 5.32 Å². The Morgan fingerprint density at radius 3 is 2.95 bits per heavy atom. The molecule has 0 saturated heterocycles. The summed E-state index contributed by atoms with van der Waals surface area (Å²) in [5.41, 5.74) is 1.75. The number of aromatic nitrogens is 3. The molecule has 1 heterocycles. The van der Waals surface area contributed by atoms with Gasteiger partial charge in [-0.25, -0.2) is 14.1 Å². The Balaban J connectivity index is 2.10. The molecule has 6 heteroatoms. The van der Waals surface area contributed by atoms with E-state index < -0.39 is 0 Å². The third kappa shape index (κ3) is 3.32. The highest BCUT2D eigenvalue weighted by Crippen LogP contribution is 2.24. The Morgan fingerprint density at radius 1 is 1.42 bits per heavy atom. The van der Waals surface area contributed by atoms with Crippen LogP contribution in [0.4, 0.5) is 10.1 Å². The van der Waals surface area contributed by atoms with E-state index in [1.54, 1.807) is 12.4 Å². The van der Waals surface area contributed by atoms with Gasteiger partial charge in [0.1, 0.15) is 18.0 Å². The van der Waals surface area contributed by atoms with E-state index in [0.717, 1.165) is 30.0 Å². The zero-order chi connectivity index (χ0) is 13.8. The fourth-order valence-corrected chi connectivity index (χ4v) is 2.18. The molecule has 102 valence electrons. The highest BCUT2D eigenvalue weighted by Gasteiger charge is 2.07. The zero-order valence-electron chi connectivity index (χ0n) is 11.0. The van der Waals surface area contributed by atoms with Crippen molar-refractivity contribution in [1.29, 1.82) is 0 Å². The van der Waals surface area contributed by atoms with Gasteiger partial charge in [0.05, 0.1) is 11.0 Å². The van der Waals surface area contributed by atoms with E-state index in [4.69, 9.17) is 0 Å². The van der Waals surface area contributed by atoms with E-state index in [9.17, 15) is 4.39 Å². The molecule has 0 radical (unpaired) electrons. The summed E-state index contributed by atoms with van der Waals surface area (Å²) in [6, 6.07) is 3.24. The molecule has 0 unspecified atom stereocenters. The number of hydrogen-bond acceptors (Lipinski definition) is 3. The quantitative estimate of drug-likeness (QED) is 0.914. The maximum absolute atomic E-state index is 13.3. The van der Waals surface area contributed by atoms with Gasteiger partial charge in [0.25, 0.3) is 0 Å². The molecule has 0 aliphatic heterocycles. The summed E-state index contributed by atoms with van der Waals surface area (Å²) in [6.45, 7) is 5.39. The van der Waals surface area contributed by atoms with Crippen molar-refractivity contribution in [3.05, 3.63) is 40.1 Å². The largest absolute Gasteiger partial charge is 0.378 e. The molecule has 1 aromatic carbocycles. The Bertz CT molecular complexity index is 568. The topological polar surface area (TPSA) is 42.7 Å². The first-order valence-corrected chi connectivity index (χ1v) is 6.97. The molecule has 0 aliphatic rings. The molecule has 1 N–H and O–H groups in total. The van der Waals surface area contributed by atoms with Crippen LogP contribution in [0.5, 0.6) is 0 Å². The zero-order valence-corrected chi connectivity index (χ0v) is 12.5.